The zero-order chi connectivity index (χ0) is 13.1. The van der Waals surface area contributed by atoms with E-state index in [4.69, 9.17) is 26.6 Å². The third-order valence-corrected chi connectivity index (χ3v) is 2.96. The maximum Gasteiger partial charge on any atom is 0.258 e. The van der Waals surface area contributed by atoms with Crippen molar-refractivity contribution in [2.24, 2.45) is 0 Å². The Hall–Kier alpha value is -1.59. The van der Waals surface area contributed by atoms with Gasteiger partial charge in [-0.2, -0.15) is 4.98 Å². The van der Waals surface area contributed by atoms with Crippen molar-refractivity contribution in [3.8, 4) is 11.5 Å². The Bertz CT molecular complexity index is 538. The fourth-order valence-corrected chi connectivity index (χ4v) is 1.78. The van der Waals surface area contributed by atoms with Crippen LogP contribution in [0.2, 0.25) is 5.02 Å². The summed E-state index contributed by atoms with van der Waals surface area (Å²) in [5, 5.41) is 4.37. The molecule has 0 bridgehead atoms. The van der Waals surface area contributed by atoms with E-state index in [1.807, 2.05) is 6.92 Å². The van der Waals surface area contributed by atoms with Crippen LogP contribution in [0.3, 0.4) is 0 Å². The quantitative estimate of drug-likeness (QED) is 0.862. The normalized spacial score (nSPS) is 12.6. The molecule has 2 N–H and O–H groups in total. The van der Waals surface area contributed by atoms with E-state index >= 15 is 0 Å². The fraction of sp³-hybridized carbons (Fsp3) is 0.333. The van der Waals surface area contributed by atoms with Crippen LogP contribution in [0.25, 0.3) is 11.5 Å². The van der Waals surface area contributed by atoms with E-state index in [0.717, 1.165) is 12.0 Å². The summed E-state index contributed by atoms with van der Waals surface area (Å²) in [4.78, 5) is 4.29. The van der Waals surface area contributed by atoms with Gasteiger partial charge in [0.15, 0.2) is 0 Å². The van der Waals surface area contributed by atoms with Crippen molar-refractivity contribution in [3.05, 3.63) is 29.0 Å². The molecule has 1 unspecified atom stereocenters. The Kier molecular flexibility index (Phi) is 3.84. The van der Waals surface area contributed by atoms with Gasteiger partial charge in [0.2, 0.25) is 5.82 Å². The Morgan fingerprint density at radius 1 is 1.50 bits per heavy atom. The van der Waals surface area contributed by atoms with Crippen LogP contribution in [0.4, 0.5) is 5.69 Å². The minimum Gasteiger partial charge on any atom is -0.398 e. The molecule has 5 nitrogen and oxygen atoms in total. The summed E-state index contributed by atoms with van der Waals surface area (Å²) >= 11 is 5.95. The number of nitrogen functional groups attached to an aromatic ring is 1. The molecule has 1 aromatic carbocycles. The average Bonchev–Trinajstić information content (AvgIpc) is 2.84. The lowest BCUT2D eigenvalue weighted by Crippen LogP contribution is -2.01. The van der Waals surface area contributed by atoms with Gasteiger partial charge in [-0.05, 0) is 24.6 Å². The monoisotopic (exact) mass is 267 g/mol. The molecule has 0 saturated carbocycles. The lowest BCUT2D eigenvalue weighted by Gasteiger charge is -2.06. The van der Waals surface area contributed by atoms with Crippen molar-refractivity contribution in [2.75, 3.05) is 12.8 Å². The molecule has 96 valence electrons. The largest absolute Gasteiger partial charge is 0.398 e. The number of halogens is 1. The van der Waals surface area contributed by atoms with E-state index in [1.54, 1.807) is 25.3 Å². The first-order valence-corrected chi connectivity index (χ1v) is 5.95. The maximum absolute atomic E-state index is 5.95. The molecule has 6 heteroatoms. The van der Waals surface area contributed by atoms with Crippen LogP contribution in [0.15, 0.2) is 22.7 Å². The summed E-state index contributed by atoms with van der Waals surface area (Å²) in [5.41, 5.74) is 6.90. The molecular formula is C12H14ClN3O2. The van der Waals surface area contributed by atoms with Crippen molar-refractivity contribution < 1.29 is 9.26 Å². The molecule has 2 aromatic rings. The fourth-order valence-electron chi connectivity index (χ4n) is 1.60. The number of hydrogen-bond donors (Lipinski definition) is 1. The number of ether oxygens (including phenoxy) is 1. The van der Waals surface area contributed by atoms with Gasteiger partial charge in [-0.1, -0.05) is 23.7 Å². The molecule has 1 heterocycles. The van der Waals surface area contributed by atoms with Crippen LogP contribution in [-0.4, -0.2) is 17.3 Å². The van der Waals surface area contributed by atoms with E-state index in [0.29, 0.717) is 22.4 Å². The number of nitrogens with two attached hydrogens (primary N) is 1. The summed E-state index contributed by atoms with van der Waals surface area (Å²) in [6.45, 7) is 1.99. The van der Waals surface area contributed by atoms with Crippen LogP contribution in [0.1, 0.15) is 25.3 Å². The summed E-state index contributed by atoms with van der Waals surface area (Å²) in [5.74, 6) is 0.936. The molecule has 0 amide bonds. The summed E-state index contributed by atoms with van der Waals surface area (Å²) in [6, 6.07) is 5.18. The third-order valence-electron chi connectivity index (χ3n) is 2.63. The number of hydrogen-bond acceptors (Lipinski definition) is 5. The smallest absolute Gasteiger partial charge is 0.258 e. The average molecular weight is 268 g/mol. The van der Waals surface area contributed by atoms with Crippen molar-refractivity contribution in [2.45, 2.75) is 19.4 Å². The number of nitrogens with zero attached hydrogens (tertiary/aromatic N) is 2. The number of rotatable bonds is 4. The highest BCUT2D eigenvalue weighted by Gasteiger charge is 2.17. The van der Waals surface area contributed by atoms with Gasteiger partial charge in [-0.15, -0.1) is 0 Å². The van der Waals surface area contributed by atoms with E-state index < -0.39 is 0 Å². The second kappa shape index (κ2) is 5.37. The second-order valence-electron chi connectivity index (χ2n) is 3.83. The maximum atomic E-state index is 5.95. The highest BCUT2D eigenvalue weighted by Crippen LogP contribution is 2.27. The van der Waals surface area contributed by atoms with Crippen molar-refractivity contribution >= 4 is 17.3 Å². The SMILES string of the molecule is CCC(OC)c1noc(-c2ccc(N)c(Cl)c2)n1. The summed E-state index contributed by atoms with van der Waals surface area (Å²) in [7, 11) is 1.62. The van der Waals surface area contributed by atoms with Crippen LogP contribution < -0.4 is 5.73 Å². The van der Waals surface area contributed by atoms with Crippen LogP contribution >= 0.6 is 11.6 Å². The molecule has 1 aromatic heterocycles. The molecule has 2 rings (SSSR count). The van der Waals surface area contributed by atoms with E-state index in [2.05, 4.69) is 10.1 Å². The topological polar surface area (TPSA) is 74.2 Å². The van der Waals surface area contributed by atoms with Crippen LogP contribution in [0.5, 0.6) is 0 Å². The number of anilines is 1. The van der Waals surface area contributed by atoms with Gasteiger partial charge >= 0.3 is 0 Å². The molecule has 0 radical (unpaired) electrons. The predicted molar refractivity (Wildman–Crippen MR) is 69.2 cm³/mol. The Morgan fingerprint density at radius 3 is 2.89 bits per heavy atom. The van der Waals surface area contributed by atoms with Gasteiger partial charge in [0.25, 0.3) is 5.89 Å². The zero-order valence-electron chi connectivity index (χ0n) is 10.2. The summed E-state index contributed by atoms with van der Waals surface area (Å²) < 4.78 is 10.4. The number of benzene rings is 1. The van der Waals surface area contributed by atoms with Gasteiger partial charge in [-0.25, -0.2) is 0 Å². The zero-order valence-corrected chi connectivity index (χ0v) is 10.9. The van der Waals surface area contributed by atoms with Crippen molar-refractivity contribution in [1.82, 2.24) is 10.1 Å². The van der Waals surface area contributed by atoms with Gasteiger partial charge in [0, 0.05) is 12.7 Å². The van der Waals surface area contributed by atoms with Gasteiger partial charge < -0.3 is 15.0 Å². The number of aromatic nitrogens is 2. The Morgan fingerprint density at radius 2 is 2.28 bits per heavy atom. The Labute approximate surface area is 110 Å². The molecule has 0 fully saturated rings. The number of methoxy groups -OCH3 is 1. The van der Waals surface area contributed by atoms with Gasteiger partial charge in [0.1, 0.15) is 6.10 Å². The van der Waals surface area contributed by atoms with Crippen molar-refractivity contribution in [3.63, 3.8) is 0 Å². The highest BCUT2D eigenvalue weighted by atomic mass is 35.5. The molecule has 1 atom stereocenters. The molecular weight excluding hydrogens is 254 g/mol. The van der Waals surface area contributed by atoms with Crippen LogP contribution in [0, 0.1) is 0 Å². The molecule has 0 aliphatic carbocycles. The summed E-state index contributed by atoms with van der Waals surface area (Å²) in [6.07, 6.45) is 0.615. The van der Waals surface area contributed by atoms with E-state index in [9.17, 15) is 0 Å². The molecule has 0 aliphatic rings. The lowest BCUT2D eigenvalue weighted by atomic mass is 10.2. The highest BCUT2D eigenvalue weighted by molar-refractivity contribution is 6.33. The van der Waals surface area contributed by atoms with E-state index in [1.165, 1.54) is 0 Å². The molecule has 0 aliphatic heterocycles. The predicted octanol–water partition coefficient (Wildman–Crippen LogP) is 3.07. The molecule has 0 saturated heterocycles. The van der Waals surface area contributed by atoms with Crippen LogP contribution in [-0.2, 0) is 4.74 Å². The van der Waals surface area contributed by atoms with Gasteiger partial charge in [-0.3, -0.25) is 0 Å². The first-order valence-electron chi connectivity index (χ1n) is 5.57. The Balaban J connectivity index is 2.31. The van der Waals surface area contributed by atoms with Gasteiger partial charge in [0.05, 0.1) is 10.7 Å². The van der Waals surface area contributed by atoms with Crippen molar-refractivity contribution in [1.29, 1.82) is 0 Å². The molecule has 18 heavy (non-hydrogen) atoms. The lowest BCUT2D eigenvalue weighted by molar-refractivity contribution is 0.0903. The first kappa shape index (κ1) is 12.9. The minimum absolute atomic E-state index is 0.160. The first-order chi connectivity index (χ1) is 8.65. The molecule has 0 spiro atoms. The minimum atomic E-state index is -0.160. The third kappa shape index (κ3) is 2.47. The van der Waals surface area contributed by atoms with E-state index in [-0.39, 0.29) is 6.10 Å². The standard InChI is InChI=1S/C12H14ClN3O2/c1-3-10(17-2)11-15-12(18-16-11)7-4-5-9(14)8(13)6-7/h4-6,10H,3,14H2,1-2H3. The second-order valence-corrected chi connectivity index (χ2v) is 4.23.